The first kappa shape index (κ1) is 28.2. The molecule has 0 radical (unpaired) electrons. The third-order valence-corrected chi connectivity index (χ3v) is 8.96. The molecule has 1 saturated heterocycles. The first-order chi connectivity index (χ1) is 20.3. The average molecular weight is 615 g/mol. The van der Waals surface area contributed by atoms with Crippen molar-refractivity contribution in [2.24, 2.45) is 0 Å². The van der Waals surface area contributed by atoms with Crippen LogP contribution in [0.4, 0.5) is 5.69 Å². The zero-order chi connectivity index (χ0) is 29.4. The predicted molar refractivity (Wildman–Crippen MR) is 175 cm³/mol. The summed E-state index contributed by atoms with van der Waals surface area (Å²) in [4.78, 5) is 20.0. The summed E-state index contributed by atoms with van der Waals surface area (Å²) in [7, 11) is 0. The first-order valence-electron chi connectivity index (χ1n) is 13.7. The van der Waals surface area contributed by atoms with Crippen molar-refractivity contribution in [1.82, 2.24) is 19.8 Å². The molecule has 1 amide bonds. The van der Waals surface area contributed by atoms with Crippen LogP contribution in [0.3, 0.4) is 0 Å². The lowest BCUT2D eigenvalue weighted by Crippen LogP contribution is -2.33. The molecule has 9 heteroatoms. The molecule has 2 N–H and O–H groups in total. The number of carbonyl (C=O) groups excluding carboxylic acids is 1. The fraction of sp³-hybridized carbons (Fsp3) is 0.182. The summed E-state index contributed by atoms with van der Waals surface area (Å²) in [6.45, 7) is 4.55. The number of rotatable bonds is 7. The minimum Gasteiger partial charge on any atom is -0.352 e. The van der Waals surface area contributed by atoms with Crippen molar-refractivity contribution in [2.45, 2.75) is 32.4 Å². The van der Waals surface area contributed by atoms with E-state index in [-0.39, 0.29) is 24.4 Å². The van der Waals surface area contributed by atoms with Crippen molar-refractivity contribution in [1.29, 1.82) is 0 Å². The van der Waals surface area contributed by atoms with Crippen molar-refractivity contribution < 1.29 is 4.79 Å². The molecule has 6 rings (SSSR count). The van der Waals surface area contributed by atoms with E-state index in [2.05, 4.69) is 38.1 Å². The van der Waals surface area contributed by atoms with Crippen molar-refractivity contribution in [2.75, 3.05) is 11.9 Å². The van der Waals surface area contributed by atoms with Crippen LogP contribution in [-0.4, -0.2) is 32.0 Å². The van der Waals surface area contributed by atoms with Gasteiger partial charge in [0.2, 0.25) is 5.91 Å². The lowest BCUT2D eigenvalue weighted by atomic mass is 9.96. The molecule has 1 aliphatic rings. The summed E-state index contributed by atoms with van der Waals surface area (Å²) >= 11 is 18.9. The number of nitrogens with one attached hydrogen (secondary N) is 2. The van der Waals surface area contributed by atoms with Crippen LogP contribution in [0.1, 0.15) is 41.1 Å². The molecule has 0 saturated carbocycles. The fourth-order valence-electron chi connectivity index (χ4n) is 5.88. The SMILES string of the molecule is Cc1cc(C2C(c3ccccn3)NC(=S)N2CCC(=O)Nc2cccc3ccccc23)c(C)n1-c1cccc(Cl)c1Cl. The second-order valence-electron chi connectivity index (χ2n) is 10.4. The number of amides is 1. The number of aryl methyl sites for hydroxylation is 1. The Morgan fingerprint density at radius 2 is 1.76 bits per heavy atom. The first-order valence-corrected chi connectivity index (χ1v) is 14.9. The molecule has 5 aromatic rings. The van der Waals surface area contributed by atoms with E-state index in [1.165, 1.54) is 0 Å². The van der Waals surface area contributed by atoms with Gasteiger partial charge >= 0.3 is 0 Å². The Balaban J connectivity index is 1.33. The maximum Gasteiger partial charge on any atom is 0.226 e. The maximum atomic E-state index is 13.2. The summed E-state index contributed by atoms with van der Waals surface area (Å²) < 4.78 is 2.12. The van der Waals surface area contributed by atoms with Gasteiger partial charge in [-0.15, -0.1) is 0 Å². The van der Waals surface area contributed by atoms with Crippen LogP contribution in [0.5, 0.6) is 0 Å². The zero-order valence-corrected chi connectivity index (χ0v) is 25.5. The molecule has 0 aliphatic carbocycles. The summed E-state index contributed by atoms with van der Waals surface area (Å²) in [6.07, 6.45) is 2.04. The van der Waals surface area contributed by atoms with E-state index >= 15 is 0 Å². The molecule has 2 unspecified atom stereocenters. The molecule has 3 heterocycles. The quantitative estimate of drug-likeness (QED) is 0.182. The van der Waals surface area contributed by atoms with Crippen molar-refractivity contribution in [3.05, 3.63) is 124 Å². The summed E-state index contributed by atoms with van der Waals surface area (Å²) in [6, 6.07) is 27.2. The van der Waals surface area contributed by atoms with E-state index in [9.17, 15) is 4.79 Å². The Kier molecular flexibility index (Phi) is 7.90. The smallest absolute Gasteiger partial charge is 0.226 e. The van der Waals surface area contributed by atoms with Gasteiger partial charge in [0.05, 0.1) is 33.5 Å². The third-order valence-electron chi connectivity index (χ3n) is 7.80. The summed E-state index contributed by atoms with van der Waals surface area (Å²) in [5.74, 6) is -0.0784. The topological polar surface area (TPSA) is 62.2 Å². The van der Waals surface area contributed by atoms with Crippen LogP contribution < -0.4 is 10.6 Å². The Morgan fingerprint density at radius 1 is 1.00 bits per heavy atom. The van der Waals surface area contributed by atoms with Crippen molar-refractivity contribution in [3.63, 3.8) is 0 Å². The molecule has 1 aliphatic heterocycles. The molecule has 2 aromatic heterocycles. The fourth-order valence-corrected chi connectivity index (χ4v) is 6.59. The lowest BCUT2D eigenvalue weighted by Gasteiger charge is -2.28. The van der Waals surface area contributed by atoms with Gasteiger partial charge in [0.25, 0.3) is 0 Å². The number of benzene rings is 3. The van der Waals surface area contributed by atoms with Gasteiger partial charge in [0.1, 0.15) is 0 Å². The van der Waals surface area contributed by atoms with Gasteiger partial charge in [0.15, 0.2) is 5.11 Å². The summed E-state index contributed by atoms with van der Waals surface area (Å²) in [5.41, 5.74) is 5.58. The predicted octanol–water partition coefficient (Wildman–Crippen LogP) is 7.95. The number of hydrogen-bond acceptors (Lipinski definition) is 3. The number of pyridine rings is 1. The van der Waals surface area contributed by atoms with Gasteiger partial charge in [-0.1, -0.05) is 71.7 Å². The number of thiocarbonyl (C=S) groups is 1. The third kappa shape index (κ3) is 5.24. The van der Waals surface area contributed by atoms with E-state index in [1.54, 1.807) is 12.3 Å². The molecular weight excluding hydrogens is 585 g/mol. The monoisotopic (exact) mass is 613 g/mol. The van der Waals surface area contributed by atoms with E-state index in [0.29, 0.717) is 21.7 Å². The highest BCUT2D eigenvalue weighted by Gasteiger charge is 2.41. The second-order valence-corrected chi connectivity index (χ2v) is 11.6. The van der Waals surface area contributed by atoms with E-state index < -0.39 is 0 Å². The molecule has 42 heavy (non-hydrogen) atoms. The van der Waals surface area contributed by atoms with Crippen LogP contribution in [0.25, 0.3) is 16.5 Å². The number of fused-ring (bicyclic) bond motifs is 1. The minimum atomic E-state index is -0.205. The molecular formula is C33H29Cl2N5OS. The van der Waals surface area contributed by atoms with Gasteiger partial charge in [-0.2, -0.15) is 0 Å². The second kappa shape index (κ2) is 11.8. The standard InChI is InChI=1S/C33H29Cl2N5OS/c1-20-19-24(21(2)40(20)28-15-8-12-25(34)30(28)35)32-31(27-13-5-6-17-36-27)38-33(42)39(32)18-16-29(41)37-26-14-7-10-22-9-3-4-11-23(22)26/h3-15,17,19,31-32H,16,18H2,1-2H3,(H,37,41)(H,38,42). The maximum absolute atomic E-state index is 13.2. The number of hydrogen-bond donors (Lipinski definition) is 2. The summed E-state index contributed by atoms with van der Waals surface area (Å²) in [5, 5.41) is 10.3. The minimum absolute atomic E-state index is 0.0784. The van der Waals surface area contributed by atoms with Crippen LogP contribution in [0.2, 0.25) is 10.0 Å². The normalized spacial score (nSPS) is 16.6. The van der Waals surface area contributed by atoms with Crippen molar-refractivity contribution in [3.8, 4) is 5.69 Å². The van der Waals surface area contributed by atoms with Crippen LogP contribution in [0.15, 0.2) is 91.1 Å². The van der Waals surface area contributed by atoms with Crippen LogP contribution in [0, 0.1) is 13.8 Å². The highest BCUT2D eigenvalue weighted by molar-refractivity contribution is 7.80. The number of carbonyl (C=O) groups is 1. The number of aromatic nitrogens is 2. The Hall–Kier alpha value is -3.91. The molecule has 212 valence electrons. The zero-order valence-electron chi connectivity index (χ0n) is 23.1. The van der Waals surface area contributed by atoms with Gasteiger partial charge in [-0.3, -0.25) is 9.78 Å². The average Bonchev–Trinajstić information content (AvgIpc) is 3.48. The molecule has 0 spiro atoms. The Labute approximate surface area is 260 Å². The molecule has 0 bridgehead atoms. The number of nitrogens with zero attached hydrogens (tertiary/aromatic N) is 3. The lowest BCUT2D eigenvalue weighted by molar-refractivity contribution is -0.116. The Morgan fingerprint density at radius 3 is 2.57 bits per heavy atom. The molecule has 6 nitrogen and oxygen atoms in total. The van der Waals surface area contributed by atoms with E-state index in [1.807, 2.05) is 79.7 Å². The highest BCUT2D eigenvalue weighted by atomic mass is 35.5. The number of anilines is 1. The van der Waals surface area contributed by atoms with E-state index in [4.69, 9.17) is 35.4 Å². The largest absolute Gasteiger partial charge is 0.352 e. The number of halogens is 2. The van der Waals surface area contributed by atoms with Crippen molar-refractivity contribution >= 4 is 62.9 Å². The highest BCUT2D eigenvalue weighted by Crippen LogP contribution is 2.42. The molecule has 2 atom stereocenters. The van der Waals surface area contributed by atoms with Gasteiger partial charge in [-0.05, 0) is 73.4 Å². The van der Waals surface area contributed by atoms with Gasteiger partial charge < -0.3 is 20.1 Å². The van der Waals surface area contributed by atoms with Crippen LogP contribution >= 0.6 is 35.4 Å². The van der Waals surface area contributed by atoms with Gasteiger partial charge in [0, 0.05) is 41.6 Å². The van der Waals surface area contributed by atoms with Gasteiger partial charge in [-0.25, -0.2) is 0 Å². The Bertz CT molecular complexity index is 1800. The van der Waals surface area contributed by atoms with E-state index in [0.717, 1.165) is 44.8 Å². The van der Waals surface area contributed by atoms with Crippen LogP contribution in [-0.2, 0) is 4.79 Å². The molecule has 1 fully saturated rings. The molecule has 3 aromatic carbocycles.